The number of anilines is 1. The fraction of sp³-hybridized carbons (Fsp3) is 0.474. The minimum Gasteiger partial charge on any atom is -0.369 e. The van der Waals surface area contributed by atoms with Crippen LogP contribution in [-0.4, -0.2) is 48.0 Å². The number of para-hydroxylation sites is 1. The maximum Gasteiger partial charge on any atom is 0.222 e. The quantitative estimate of drug-likeness (QED) is 0.801. The van der Waals surface area contributed by atoms with E-state index in [9.17, 15) is 4.79 Å². The molecule has 24 heavy (non-hydrogen) atoms. The molecular weight excluding hydrogens is 300 g/mol. The molecule has 0 spiro atoms. The van der Waals surface area contributed by atoms with Crippen molar-refractivity contribution in [2.24, 2.45) is 0 Å². The summed E-state index contributed by atoms with van der Waals surface area (Å²) in [6, 6.07) is 12.8. The van der Waals surface area contributed by atoms with E-state index >= 15 is 0 Å². The number of rotatable bonds is 6. The van der Waals surface area contributed by atoms with E-state index in [-0.39, 0.29) is 5.91 Å². The molecule has 0 saturated carbocycles. The number of hydrogen-bond donors (Lipinski definition) is 2. The molecule has 3 rings (SSSR count). The van der Waals surface area contributed by atoms with Gasteiger partial charge in [-0.25, -0.2) is 4.98 Å². The number of benzene rings is 1. The molecule has 0 aliphatic carbocycles. The number of pyridine rings is 1. The molecule has 1 fully saturated rings. The number of nitrogens with zero attached hydrogens (tertiary/aromatic N) is 2. The van der Waals surface area contributed by atoms with Crippen LogP contribution in [0.15, 0.2) is 36.4 Å². The van der Waals surface area contributed by atoms with Crippen molar-refractivity contribution >= 4 is 22.6 Å². The van der Waals surface area contributed by atoms with Crippen LogP contribution in [0.1, 0.15) is 26.2 Å². The van der Waals surface area contributed by atoms with Crippen molar-refractivity contribution in [3.05, 3.63) is 36.4 Å². The van der Waals surface area contributed by atoms with Crippen LogP contribution in [0, 0.1) is 0 Å². The van der Waals surface area contributed by atoms with E-state index in [4.69, 9.17) is 0 Å². The molecule has 1 aromatic heterocycles. The number of amides is 1. The Kier molecular flexibility index (Phi) is 5.64. The summed E-state index contributed by atoms with van der Waals surface area (Å²) in [6.45, 7) is 5.44. The van der Waals surface area contributed by atoms with E-state index in [1.54, 1.807) is 0 Å². The Morgan fingerprint density at radius 1 is 1.17 bits per heavy atom. The number of fused-ring (bicyclic) bond motifs is 1. The number of aromatic nitrogens is 1. The highest BCUT2D eigenvalue weighted by Crippen LogP contribution is 2.14. The molecule has 0 unspecified atom stereocenters. The van der Waals surface area contributed by atoms with Crippen molar-refractivity contribution in [2.45, 2.75) is 32.2 Å². The SMILES string of the molecule is CCC(=O)N1CCC(NCCNc2ccc3ccccc3n2)CC1. The van der Waals surface area contributed by atoms with Crippen molar-refractivity contribution in [3.8, 4) is 0 Å². The van der Waals surface area contributed by atoms with Gasteiger partial charge in [0.1, 0.15) is 5.82 Å². The lowest BCUT2D eigenvalue weighted by molar-refractivity contribution is -0.131. The van der Waals surface area contributed by atoms with Crippen LogP contribution >= 0.6 is 0 Å². The Morgan fingerprint density at radius 3 is 2.75 bits per heavy atom. The lowest BCUT2D eigenvalue weighted by Crippen LogP contribution is -2.45. The summed E-state index contributed by atoms with van der Waals surface area (Å²) < 4.78 is 0. The number of likely N-dealkylation sites (tertiary alicyclic amines) is 1. The molecule has 5 heteroatoms. The second-order valence-corrected chi connectivity index (χ2v) is 6.28. The Morgan fingerprint density at radius 2 is 1.96 bits per heavy atom. The van der Waals surface area contributed by atoms with Crippen molar-refractivity contribution in [1.29, 1.82) is 0 Å². The van der Waals surface area contributed by atoms with Gasteiger partial charge < -0.3 is 15.5 Å². The Labute approximate surface area is 143 Å². The fourth-order valence-corrected chi connectivity index (χ4v) is 3.19. The second kappa shape index (κ2) is 8.11. The first-order chi connectivity index (χ1) is 11.8. The largest absolute Gasteiger partial charge is 0.369 e. The van der Waals surface area contributed by atoms with E-state index in [1.807, 2.05) is 36.1 Å². The van der Waals surface area contributed by atoms with Gasteiger partial charge in [-0.15, -0.1) is 0 Å². The molecule has 1 saturated heterocycles. The lowest BCUT2D eigenvalue weighted by atomic mass is 10.0. The van der Waals surface area contributed by atoms with Crippen LogP contribution < -0.4 is 10.6 Å². The van der Waals surface area contributed by atoms with Crippen LogP contribution in [0.3, 0.4) is 0 Å². The Balaban J connectivity index is 1.38. The number of carbonyl (C=O) groups excluding carboxylic acids is 1. The average Bonchev–Trinajstić information content (AvgIpc) is 2.65. The van der Waals surface area contributed by atoms with Crippen LogP contribution in [0.4, 0.5) is 5.82 Å². The smallest absolute Gasteiger partial charge is 0.222 e. The molecule has 1 aromatic carbocycles. The zero-order valence-electron chi connectivity index (χ0n) is 14.3. The monoisotopic (exact) mass is 326 g/mol. The molecule has 1 amide bonds. The third-order valence-corrected chi connectivity index (χ3v) is 4.61. The van der Waals surface area contributed by atoms with E-state index in [0.717, 1.165) is 55.7 Å². The molecule has 5 nitrogen and oxygen atoms in total. The lowest BCUT2D eigenvalue weighted by Gasteiger charge is -2.32. The molecule has 0 bridgehead atoms. The summed E-state index contributed by atoms with van der Waals surface area (Å²) in [6.07, 6.45) is 2.70. The molecule has 128 valence electrons. The van der Waals surface area contributed by atoms with Gasteiger partial charge in [-0.1, -0.05) is 25.1 Å². The van der Waals surface area contributed by atoms with E-state index in [0.29, 0.717) is 12.5 Å². The molecular formula is C19H26N4O. The highest BCUT2D eigenvalue weighted by molar-refractivity contribution is 5.80. The number of hydrogen-bond acceptors (Lipinski definition) is 4. The topological polar surface area (TPSA) is 57.3 Å². The highest BCUT2D eigenvalue weighted by Gasteiger charge is 2.20. The molecule has 2 heterocycles. The zero-order valence-corrected chi connectivity index (χ0v) is 14.3. The molecule has 2 aromatic rings. The second-order valence-electron chi connectivity index (χ2n) is 6.28. The van der Waals surface area contributed by atoms with Gasteiger partial charge in [-0.2, -0.15) is 0 Å². The molecule has 0 atom stereocenters. The van der Waals surface area contributed by atoms with Crippen molar-refractivity contribution in [1.82, 2.24) is 15.2 Å². The minimum absolute atomic E-state index is 0.275. The summed E-state index contributed by atoms with van der Waals surface area (Å²) in [5.41, 5.74) is 1.02. The number of piperidine rings is 1. The predicted octanol–water partition coefficient (Wildman–Crippen LogP) is 2.64. The molecule has 2 N–H and O–H groups in total. The number of nitrogens with one attached hydrogen (secondary N) is 2. The summed E-state index contributed by atoms with van der Waals surface area (Å²) in [5.74, 6) is 1.19. The third kappa shape index (κ3) is 4.23. The van der Waals surface area contributed by atoms with Gasteiger partial charge in [0.05, 0.1) is 5.52 Å². The third-order valence-electron chi connectivity index (χ3n) is 4.61. The molecule has 1 aliphatic rings. The average molecular weight is 326 g/mol. The van der Waals surface area contributed by atoms with E-state index in [2.05, 4.69) is 27.8 Å². The normalized spacial score (nSPS) is 15.6. The summed E-state index contributed by atoms with van der Waals surface area (Å²) in [5, 5.41) is 8.11. The maximum absolute atomic E-state index is 11.7. The van der Waals surface area contributed by atoms with Gasteiger partial charge in [0, 0.05) is 44.0 Å². The Hall–Kier alpha value is -2.14. The van der Waals surface area contributed by atoms with E-state index < -0.39 is 0 Å². The summed E-state index contributed by atoms with van der Waals surface area (Å²) in [4.78, 5) is 18.3. The van der Waals surface area contributed by atoms with Gasteiger partial charge in [0.2, 0.25) is 5.91 Å². The minimum atomic E-state index is 0.275. The zero-order chi connectivity index (χ0) is 16.8. The van der Waals surface area contributed by atoms with Gasteiger partial charge in [0.25, 0.3) is 0 Å². The van der Waals surface area contributed by atoms with E-state index in [1.165, 1.54) is 0 Å². The maximum atomic E-state index is 11.7. The van der Waals surface area contributed by atoms with Crippen LogP contribution in [0.2, 0.25) is 0 Å². The van der Waals surface area contributed by atoms with Crippen molar-refractivity contribution < 1.29 is 4.79 Å². The van der Waals surface area contributed by atoms with Crippen LogP contribution in [0.5, 0.6) is 0 Å². The summed E-state index contributed by atoms with van der Waals surface area (Å²) in [7, 11) is 0. The predicted molar refractivity (Wildman–Crippen MR) is 98.1 cm³/mol. The first kappa shape index (κ1) is 16.7. The fourth-order valence-electron chi connectivity index (χ4n) is 3.19. The van der Waals surface area contributed by atoms with Gasteiger partial charge in [-0.3, -0.25) is 4.79 Å². The standard InChI is InChI=1S/C19H26N4O/c1-2-19(24)23-13-9-16(10-14-23)20-11-12-21-18-8-7-15-5-3-4-6-17(15)22-18/h3-8,16,20H,2,9-14H2,1H3,(H,21,22). The summed E-state index contributed by atoms with van der Waals surface area (Å²) >= 11 is 0. The van der Waals surface area contributed by atoms with Gasteiger partial charge in [0.15, 0.2) is 0 Å². The molecule has 0 radical (unpaired) electrons. The van der Waals surface area contributed by atoms with Crippen molar-refractivity contribution in [3.63, 3.8) is 0 Å². The molecule has 1 aliphatic heterocycles. The first-order valence-electron chi connectivity index (χ1n) is 8.87. The Bertz CT molecular complexity index is 680. The highest BCUT2D eigenvalue weighted by atomic mass is 16.2. The van der Waals surface area contributed by atoms with Gasteiger partial charge in [-0.05, 0) is 31.0 Å². The first-order valence-corrected chi connectivity index (χ1v) is 8.87. The van der Waals surface area contributed by atoms with Crippen LogP contribution in [-0.2, 0) is 4.79 Å². The van der Waals surface area contributed by atoms with Crippen molar-refractivity contribution in [2.75, 3.05) is 31.5 Å². The van der Waals surface area contributed by atoms with Crippen LogP contribution in [0.25, 0.3) is 10.9 Å². The number of carbonyl (C=O) groups is 1. The van der Waals surface area contributed by atoms with Gasteiger partial charge >= 0.3 is 0 Å².